The largest absolute Gasteiger partial charge is 0.481 e. The molecule has 0 saturated heterocycles. The maximum Gasteiger partial charge on any atom is 0.265 e. The monoisotopic (exact) mass is 304 g/mol. The average molecular weight is 305 g/mol. The van der Waals surface area contributed by atoms with Gasteiger partial charge < -0.3 is 15.8 Å². The van der Waals surface area contributed by atoms with Crippen molar-refractivity contribution in [1.29, 1.82) is 0 Å². The average Bonchev–Trinajstić information content (AvgIpc) is 2.45. The van der Waals surface area contributed by atoms with E-state index in [1.54, 1.807) is 43.3 Å². The Kier molecular flexibility index (Phi) is 4.70. The number of rotatable bonds is 4. The predicted molar refractivity (Wildman–Crippen MR) is 85.8 cm³/mol. The van der Waals surface area contributed by atoms with Gasteiger partial charge in [-0.1, -0.05) is 17.7 Å². The summed E-state index contributed by atoms with van der Waals surface area (Å²) < 4.78 is 5.57. The zero-order valence-electron chi connectivity index (χ0n) is 11.9. The predicted octanol–water partition coefficient (Wildman–Crippen LogP) is 3.64. The van der Waals surface area contributed by atoms with Gasteiger partial charge in [0.1, 0.15) is 5.75 Å². The summed E-state index contributed by atoms with van der Waals surface area (Å²) in [4.78, 5) is 12.1. The van der Waals surface area contributed by atoms with Gasteiger partial charge in [-0.05, 0) is 55.8 Å². The van der Waals surface area contributed by atoms with Crippen LogP contribution in [-0.4, -0.2) is 12.0 Å². The molecule has 1 amide bonds. The van der Waals surface area contributed by atoms with E-state index in [2.05, 4.69) is 5.32 Å². The molecule has 3 N–H and O–H groups in total. The molecule has 0 unspecified atom stereocenters. The number of hydrogen-bond acceptors (Lipinski definition) is 3. The Morgan fingerprint density at radius 1 is 1.24 bits per heavy atom. The minimum atomic E-state index is -0.632. The van der Waals surface area contributed by atoms with E-state index in [0.717, 1.165) is 5.56 Å². The first-order chi connectivity index (χ1) is 9.95. The summed E-state index contributed by atoms with van der Waals surface area (Å²) in [5.74, 6) is 0.352. The number of amides is 1. The number of carbonyl (C=O) groups is 1. The first-order valence-electron chi connectivity index (χ1n) is 6.55. The van der Waals surface area contributed by atoms with Crippen LogP contribution in [0.3, 0.4) is 0 Å². The van der Waals surface area contributed by atoms with Crippen molar-refractivity contribution in [3.05, 3.63) is 53.1 Å². The van der Waals surface area contributed by atoms with Crippen LogP contribution in [0.4, 0.5) is 11.4 Å². The highest BCUT2D eigenvalue weighted by Gasteiger charge is 2.15. The number of benzene rings is 2. The summed E-state index contributed by atoms with van der Waals surface area (Å²) in [6, 6.07) is 12.2. The molecule has 21 heavy (non-hydrogen) atoms. The fourth-order valence-electron chi connectivity index (χ4n) is 1.78. The molecule has 5 heteroatoms. The molecule has 0 heterocycles. The quantitative estimate of drug-likeness (QED) is 0.848. The van der Waals surface area contributed by atoms with Crippen LogP contribution in [0.5, 0.6) is 5.75 Å². The van der Waals surface area contributed by atoms with Crippen LogP contribution in [0.25, 0.3) is 0 Å². The molecule has 2 aromatic rings. The molecule has 2 rings (SSSR count). The lowest BCUT2D eigenvalue weighted by atomic mass is 10.1. The van der Waals surface area contributed by atoms with E-state index in [1.165, 1.54) is 0 Å². The number of hydrogen-bond donors (Lipinski definition) is 2. The molecule has 0 aromatic heterocycles. The van der Waals surface area contributed by atoms with Gasteiger partial charge in [0.25, 0.3) is 5.91 Å². The second-order valence-corrected chi connectivity index (χ2v) is 5.21. The summed E-state index contributed by atoms with van der Waals surface area (Å²) in [5.41, 5.74) is 7.95. The van der Waals surface area contributed by atoms with Crippen molar-refractivity contribution in [2.24, 2.45) is 0 Å². The number of carbonyl (C=O) groups excluding carboxylic acids is 1. The molecule has 1 atom stereocenters. The Hall–Kier alpha value is -2.20. The van der Waals surface area contributed by atoms with Crippen molar-refractivity contribution in [1.82, 2.24) is 0 Å². The third kappa shape index (κ3) is 4.13. The Morgan fingerprint density at radius 2 is 1.90 bits per heavy atom. The Bertz CT molecular complexity index is 641. The van der Waals surface area contributed by atoms with Gasteiger partial charge in [0.15, 0.2) is 6.10 Å². The molecular formula is C16H17ClN2O2. The van der Waals surface area contributed by atoms with E-state index in [-0.39, 0.29) is 5.91 Å². The maximum atomic E-state index is 12.1. The van der Waals surface area contributed by atoms with Crippen molar-refractivity contribution in [2.75, 3.05) is 11.1 Å². The summed E-state index contributed by atoms with van der Waals surface area (Å²) >= 11 is 5.80. The molecule has 4 nitrogen and oxygen atoms in total. The molecule has 0 aliphatic heterocycles. The lowest BCUT2D eigenvalue weighted by Crippen LogP contribution is -2.30. The number of aryl methyl sites for hydroxylation is 1. The minimum absolute atomic E-state index is 0.237. The molecule has 2 aromatic carbocycles. The molecule has 0 bridgehead atoms. The first kappa shape index (κ1) is 15.2. The Labute approximate surface area is 128 Å². The summed E-state index contributed by atoms with van der Waals surface area (Å²) in [6.45, 7) is 3.59. The number of halogens is 1. The van der Waals surface area contributed by atoms with Crippen LogP contribution >= 0.6 is 11.6 Å². The van der Waals surface area contributed by atoms with Crippen LogP contribution in [0.1, 0.15) is 12.5 Å². The second kappa shape index (κ2) is 6.50. The second-order valence-electron chi connectivity index (χ2n) is 4.78. The normalized spacial score (nSPS) is 11.8. The minimum Gasteiger partial charge on any atom is -0.481 e. The van der Waals surface area contributed by atoms with E-state index in [1.807, 2.05) is 13.0 Å². The zero-order chi connectivity index (χ0) is 15.4. The van der Waals surface area contributed by atoms with Crippen LogP contribution < -0.4 is 15.8 Å². The summed E-state index contributed by atoms with van der Waals surface area (Å²) in [7, 11) is 0. The van der Waals surface area contributed by atoms with Gasteiger partial charge in [-0.15, -0.1) is 0 Å². The number of anilines is 2. The topological polar surface area (TPSA) is 64.3 Å². The van der Waals surface area contributed by atoms with Crippen LogP contribution in [-0.2, 0) is 4.79 Å². The van der Waals surface area contributed by atoms with Gasteiger partial charge in [0, 0.05) is 16.4 Å². The number of nitrogens with two attached hydrogens (primary N) is 1. The molecule has 0 aliphatic rings. The van der Waals surface area contributed by atoms with Gasteiger partial charge in [-0.3, -0.25) is 4.79 Å². The Morgan fingerprint density at radius 3 is 2.57 bits per heavy atom. The molecule has 0 aliphatic carbocycles. The number of nitrogens with one attached hydrogen (secondary N) is 1. The highest BCUT2D eigenvalue weighted by atomic mass is 35.5. The van der Waals surface area contributed by atoms with E-state index in [9.17, 15) is 4.79 Å². The standard InChI is InChI=1S/C16H17ClN2O2/c1-10-3-6-13(18)9-15(10)19-16(20)11(2)21-14-7-4-12(17)5-8-14/h3-9,11H,18H2,1-2H3,(H,19,20)/t11-/m1/s1. The van der Waals surface area contributed by atoms with Gasteiger partial charge in [0.2, 0.25) is 0 Å². The van der Waals surface area contributed by atoms with Gasteiger partial charge in [-0.25, -0.2) is 0 Å². The molecule has 0 radical (unpaired) electrons. The number of ether oxygens (including phenoxy) is 1. The summed E-state index contributed by atoms with van der Waals surface area (Å²) in [6.07, 6.45) is -0.632. The van der Waals surface area contributed by atoms with E-state index in [4.69, 9.17) is 22.1 Å². The Balaban J connectivity index is 2.02. The molecule has 110 valence electrons. The van der Waals surface area contributed by atoms with Crippen LogP contribution in [0, 0.1) is 6.92 Å². The van der Waals surface area contributed by atoms with Crippen molar-refractivity contribution >= 4 is 28.9 Å². The first-order valence-corrected chi connectivity index (χ1v) is 6.92. The van der Waals surface area contributed by atoms with Crippen LogP contribution in [0.2, 0.25) is 5.02 Å². The van der Waals surface area contributed by atoms with Crippen molar-refractivity contribution in [2.45, 2.75) is 20.0 Å². The SMILES string of the molecule is Cc1ccc(N)cc1NC(=O)[C@@H](C)Oc1ccc(Cl)cc1. The smallest absolute Gasteiger partial charge is 0.265 e. The van der Waals surface area contributed by atoms with Gasteiger partial charge >= 0.3 is 0 Å². The van der Waals surface area contributed by atoms with Crippen molar-refractivity contribution in [3.63, 3.8) is 0 Å². The summed E-state index contributed by atoms with van der Waals surface area (Å²) in [5, 5.41) is 3.43. The lowest BCUT2D eigenvalue weighted by Gasteiger charge is -2.16. The van der Waals surface area contributed by atoms with Gasteiger partial charge in [-0.2, -0.15) is 0 Å². The fraction of sp³-hybridized carbons (Fsp3) is 0.188. The third-order valence-corrected chi connectivity index (χ3v) is 3.27. The van der Waals surface area contributed by atoms with E-state index in [0.29, 0.717) is 22.1 Å². The van der Waals surface area contributed by atoms with E-state index < -0.39 is 6.10 Å². The van der Waals surface area contributed by atoms with Crippen molar-refractivity contribution < 1.29 is 9.53 Å². The van der Waals surface area contributed by atoms with E-state index >= 15 is 0 Å². The molecular weight excluding hydrogens is 288 g/mol. The maximum absolute atomic E-state index is 12.1. The fourth-order valence-corrected chi connectivity index (χ4v) is 1.91. The highest BCUT2D eigenvalue weighted by Crippen LogP contribution is 2.20. The third-order valence-electron chi connectivity index (χ3n) is 3.02. The number of nitrogen functional groups attached to an aromatic ring is 1. The lowest BCUT2D eigenvalue weighted by molar-refractivity contribution is -0.122. The van der Waals surface area contributed by atoms with Gasteiger partial charge in [0.05, 0.1) is 0 Å². The molecule has 0 fully saturated rings. The molecule has 0 saturated carbocycles. The van der Waals surface area contributed by atoms with Crippen LogP contribution in [0.15, 0.2) is 42.5 Å². The zero-order valence-corrected chi connectivity index (χ0v) is 12.6. The van der Waals surface area contributed by atoms with Crippen molar-refractivity contribution in [3.8, 4) is 5.75 Å². The highest BCUT2D eigenvalue weighted by molar-refractivity contribution is 6.30. The molecule has 0 spiro atoms.